The van der Waals surface area contributed by atoms with Gasteiger partial charge in [0.15, 0.2) is 5.82 Å². The molecule has 5 rings (SSSR count). The molecule has 0 radical (unpaired) electrons. The number of nitrogens with zero attached hydrogens (tertiary/aromatic N) is 4. The number of piperidine rings is 1. The van der Waals surface area contributed by atoms with E-state index in [2.05, 4.69) is 58.8 Å². The lowest BCUT2D eigenvalue weighted by molar-refractivity contribution is 0.574. The molecule has 3 heterocycles. The van der Waals surface area contributed by atoms with Crippen molar-refractivity contribution in [2.75, 3.05) is 18.0 Å². The van der Waals surface area contributed by atoms with Gasteiger partial charge in [-0.3, -0.25) is 0 Å². The maximum Gasteiger partial charge on any atom is 0.152 e. The predicted molar refractivity (Wildman–Crippen MR) is 122 cm³/mol. The summed E-state index contributed by atoms with van der Waals surface area (Å²) in [5.74, 6) is 1.06. The normalized spacial score (nSPS) is 14.1. The number of aromatic nitrogens is 2. The lowest BCUT2D eigenvalue weighted by Crippen LogP contribution is -2.30. The third kappa shape index (κ3) is 3.23. The van der Waals surface area contributed by atoms with E-state index in [1.165, 1.54) is 30.4 Å². The van der Waals surface area contributed by atoms with Gasteiger partial charge in [0.25, 0.3) is 0 Å². The standard InChI is InChI=1S/C26H24N4/c1-19-5-9-22(10-6-19)25-23(21-11-7-20(18-27)8-12-21)17-24-26(28-13-16-30(24)25)29-14-3-2-4-15-29/h5-13,16-17H,2-4,14-15H2,1H3. The SMILES string of the molecule is Cc1ccc(-c2c(-c3ccc(C#N)cc3)cc3c(N4CCCCC4)nccn23)cc1. The number of anilines is 1. The molecule has 4 heteroatoms. The van der Waals surface area contributed by atoms with E-state index in [0.717, 1.165) is 41.2 Å². The minimum Gasteiger partial charge on any atom is -0.355 e. The molecule has 1 aliphatic rings. The number of hydrogen-bond acceptors (Lipinski definition) is 3. The Kier molecular flexibility index (Phi) is 4.72. The summed E-state index contributed by atoms with van der Waals surface area (Å²) in [6.45, 7) is 4.23. The lowest BCUT2D eigenvalue weighted by atomic mass is 10.00. The fourth-order valence-corrected chi connectivity index (χ4v) is 4.39. The Labute approximate surface area is 177 Å². The number of rotatable bonds is 3. The Morgan fingerprint density at radius 1 is 0.900 bits per heavy atom. The zero-order chi connectivity index (χ0) is 20.5. The molecule has 1 fully saturated rings. The van der Waals surface area contributed by atoms with E-state index < -0.39 is 0 Å². The first kappa shape index (κ1) is 18.4. The van der Waals surface area contributed by atoms with Crippen molar-refractivity contribution < 1.29 is 0 Å². The Morgan fingerprint density at radius 2 is 1.60 bits per heavy atom. The first-order chi connectivity index (χ1) is 14.7. The Bertz CT molecular complexity index is 1220. The van der Waals surface area contributed by atoms with Crippen LogP contribution in [0, 0.1) is 18.3 Å². The summed E-state index contributed by atoms with van der Waals surface area (Å²) >= 11 is 0. The van der Waals surface area contributed by atoms with Gasteiger partial charge in [-0.25, -0.2) is 4.98 Å². The van der Waals surface area contributed by atoms with E-state index >= 15 is 0 Å². The highest BCUT2D eigenvalue weighted by Crippen LogP contribution is 2.38. The second-order valence-corrected chi connectivity index (χ2v) is 8.02. The average molecular weight is 393 g/mol. The minimum absolute atomic E-state index is 0.676. The molecule has 0 amide bonds. The van der Waals surface area contributed by atoms with Crippen LogP contribution < -0.4 is 4.90 Å². The van der Waals surface area contributed by atoms with E-state index in [-0.39, 0.29) is 0 Å². The molecule has 4 nitrogen and oxygen atoms in total. The third-order valence-corrected chi connectivity index (χ3v) is 5.98. The largest absolute Gasteiger partial charge is 0.355 e. The summed E-state index contributed by atoms with van der Waals surface area (Å²) in [5, 5.41) is 9.18. The van der Waals surface area contributed by atoms with Crippen molar-refractivity contribution in [3.05, 3.63) is 78.1 Å². The summed E-state index contributed by atoms with van der Waals surface area (Å²) in [5.41, 5.74) is 7.67. The van der Waals surface area contributed by atoms with Crippen LogP contribution in [0.4, 0.5) is 5.82 Å². The number of nitriles is 1. The highest BCUT2D eigenvalue weighted by Gasteiger charge is 2.20. The molecular formula is C26H24N4. The maximum atomic E-state index is 9.18. The maximum absolute atomic E-state index is 9.18. The van der Waals surface area contributed by atoms with E-state index in [1.54, 1.807) is 0 Å². The van der Waals surface area contributed by atoms with E-state index in [0.29, 0.717) is 5.56 Å². The summed E-state index contributed by atoms with van der Waals surface area (Å²) in [7, 11) is 0. The number of hydrogen-bond donors (Lipinski definition) is 0. The second-order valence-electron chi connectivity index (χ2n) is 8.02. The van der Waals surface area contributed by atoms with E-state index in [4.69, 9.17) is 4.98 Å². The Hall–Kier alpha value is -3.58. The van der Waals surface area contributed by atoms with Crippen LogP contribution in [0.15, 0.2) is 67.0 Å². The minimum atomic E-state index is 0.676. The van der Waals surface area contributed by atoms with Gasteiger partial charge in [-0.2, -0.15) is 5.26 Å². The van der Waals surface area contributed by atoms with Crippen LogP contribution >= 0.6 is 0 Å². The molecule has 2 aromatic heterocycles. The molecule has 0 aliphatic carbocycles. The van der Waals surface area contributed by atoms with Crippen molar-refractivity contribution in [1.29, 1.82) is 5.26 Å². The van der Waals surface area contributed by atoms with Gasteiger partial charge in [0.2, 0.25) is 0 Å². The fourth-order valence-electron chi connectivity index (χ4n) is 4.39. The van der Waals surface area contributed by atoms with E-state index in [9.17, 15) is 5.26 Å². The molecule has 0 saturated carbocycles. The Morgan fingerprint density at radius 3 is 2.30 bits per heavy atom. The number of aryl methyl sites for hydroxylation is 1. The summed E-state index contributed by atoms with van der Waals surface area (Å²) in [4.78, 5) is 7.19. The van der Waals surface area contributed by atoms with E-state index in [1.807, 2.05) is 30.5 Å². The summed E-state index contributed by atoms with van der Waals surface area (Å²) in [6.07, 6.45) is 7.71. The average Bonchev–Trinajstić information content (AvgIpc) is 3.20. The third-order valence-electron chi connectivity index (χ3n) is 5.98. The molecule has 0 N–H and O–H groups in total. The zero-order valence-electron chi connectivity index (χ0n) is 17.2. The zero-order valence-corrected chi connectivity index (χ0v) is 17.2. The van der Waals surface area contributed by atoms with Crippen LogP contribution in [0.3, 0.4) is 0 Å². The fraction of sp³-hybridized carbons (Fsp3) is 0.231. The Balaban J connectivity index is 1.75. The molecule has 0 atom stereocenters. The highest BCUT2D eigenvalue weighted by molar-refractivity contribution is 5.90. The quantitative estimate of drug-likeness (QED) is 0.440. The molecule has 0 spiro atoms. The van der Waals surface area contributed by atoms with Gasteiger partial charge in [0.05, 0.1) is 22.8 Å². The molecule has 2 aromatic carbocycles. The molecule has 0 bridgehead atoms. The van der Waals surface area contributed by atoms with Gasteiger partial charge in [0, 0.05) is 31.0 Å². The smallest absolute Gasteiger partial charge is 0.152 e. The van der Waals surface area contributed by atoms with Crippen LogP contribution in [0.25, 0.3) is 27.9 Å². The van der Waals surface area contributed by atoms with Crippen molar-refractivity contribution in [1.82, 2.24) is 9.38 Å². The van der Waals surface area contributed by atoms with Gasteiger partial charge in [-0.15, -0.1) is 0 Å². The van der Waals surface area contributed by atoms with Crippen molar-refractivity contribution in [3.63, 3.8) is 0 Å². The number of fused-ring (bicyclic) bond motifs is 1. The highest BCUT2D eigenvalue weighted by atomic mass is 15.2. The van der Waals surface area contributed by atoms with Crippen LogP contribution in [0.5, 0.6) is 0 Å². The van der Waals surface area contributed by atoms with Crippen molar-refractivity contribution in [2.24, 2.45) is 0 Å². The van der Waals surface area contributed by atoms with Crippen LogP contribution in [0.1, 0.15) is 30.4 Å². The lowest BCUT2D eigenvalue weighted by Gasteiger charge is -2.28. The first-order valence-corrected chi connectivity index (χ1v) is 10.6. The molecular weight excluding hydrogens is 368 g/mol. The molecule has 30 heavy (non-hydrogen) atoms. The van der Waals surface area contributed by atoms with Gasteiger partial charge in [-0.1, -0.05) is 42.0 Å². The monoisotopic (exact) mass is 392 g/mol. The van der Waals surface area contributed by atoms with Crippen LogP contribution in [-0.4, -0.2) is 22.5 Å². The molecule has 1 aliphatic heterocycles. The topological polar surface area (TPSA) is 44.3 Å². The summed E-state index contributed by atoms with van der Waals surface area (Å²) in [6, 6.07) is 21.0. The van der Waals surface area contributed by atoms with Crippen molar-refractivity contribution in [3.8, 4) is 28.5 Å². The van der Waals surface area contributed by atoms with Gasteiger partial charge >= 0.3 is 0 Å². The van der Waals surface area contributed by atoms with Gasteiger partial charge < -0.3 is 9.30 Å². The van der Waals surface area contributed by atoms with Gasteiger partial charge in [0.1, 0.15) is 0 Å². The molecule has 148 valence electrons. The second kappa shape index (κ2) is 7.68. The van der Waals surface area contributed by atoms with Crippen LogP contribution in [0.2, 0.25) is 0 Å². The number of benzene rings is 2. The predicted octanol–water partition coefficient (Wildman–Crippen LogP) is 5.84. The van der Waals surface area contributed by atoms with Crippen molar-refractivity contribution in [2.45, 2.75) is 26.2 Å². The van der Waals surface area contributed by atoms with Gasteiger partial charge in [-0.05, 0) is 55.5 Å². The molecule has 1 saturated heterocycles. The van der Waals surface area contributed by atoms with Crippen LogP contribution in [-0.2, 0) is 0 Å². The molecule has 0 unspecified atom stereocenters. The summed E-state index contributed by atoms with van der Waals surface area (Å²) < 4.78 is 2.27. The first-order valence-electron chi connectivity index (χ1n) is 10.6. The molecule has 4 aromatic rings. The van der Waals surface area contributed by atoms with Crippen molar-refractivity contribution >= 4 is 11.3 Å².